The smallest absolute Gasteiger partial charge is 0.125 e. The zero-order valence-electron chi connectivity index (χ0n) is 9.47. The number of H-pyrrole nitrogens is 1. The summed E-state index contributed by atoms with van der Waals surface area (Å²) in [4.78, 5) is 9.40. The highest BCUT2D eigenvalue weighted by Gasteiger charge is 2.03. The number of aromatic nitrogens is 2. The maximum atomic E-state index is 5.12. The molecule has 2 rings (SSSR count). The fraction of sp³-hybridized carbons (Fsp3) is 0.250. The van der Waals surface area contributed by atoms with Crippen molar-refractivity contribution in [2.24, 2.45) is 0 Å². The van der Waals surface area contributed by atoms with Gasteiger partial charge in [-0.3, -0.25) is 0 Å². The number of imidazole rings is 1. The van der Waals surface area contributed by atoms with E-state index in [9.17, 15) is 0 Å². The highest BCUT2D eigenvalue weighted by atomic mass is 16.5. The number of hydrogen-bond acceptors (Lipinski definition) is 3. The van der Waals surface area contributed by atoms with Crippen molar-refractivity contribution in [3.63, 3.8) is 0 Å². The van der Waals surface area contributed by atoms with E-state index in [-0.39, 0.29) is 0 Å². The van der Waals surface area contributed by atoms with Crippen LogP contribution in [-0.4, -0.2) is 24.1 Å². The first-order valence-corrected chi connectivity index (χ1v) is 5.13. The zero-order valence-corrected chi connectivity index (χ0v) is 9.47. The molecule has 0 fully saturated rings. The largest absolute Gasteiger partial charge is 0.497 e. The number of rotatable bonds is 4. The molecule has 1 N–H and O–H groups in total. The lowest BCUT2D eigenvalue weighted by Crippen LogP contribution is -2.17. The molecule has 0 aliphatic heterocycles. The lowest BCUT2D eigenvalue weighted by Gasteiger charge is -2.18. The minimum Gasteiger partial charge on any atom is -0.497 e. The zero-order chi connectivity index (χ0) is 11.4. The topological polar surface area (TPSA) is 41.1 Å². The lowest BCUT2D eigenvalue weighted by atomic mass is 10.3. The molecule has 0 saturated heterocycles. The van der Waals surface area contributed by atoms with Crippen LogP contribution in [0.3, 0.4) is 0 Å². The van der Waals surface area contributed by atoms with Crippen molar-refractivity contribution in [1.29, 1.82) is 0 Å². The van der Waals surface area contributed by atoms with E-state index in [1.165, 1.54) is 0 Å². The molecular formula is C12H15N3O. The van der Waals surface area contributed by atoms with Gasteiger partial charge in [-0.1, -0.05) is 0 Å². The molecule has 0 saturated carbocycles. The number of nitrogens with zero attached hydrogens (tertiary/aromatic N) is 2. The van der Waals surface area contributed by atoms with Crippen LogP contribution in [0.1, 0.15) is 5.82 Å². The number of hydrogen-bond donors (Lipinski definition) is 1. The van der Waals surface area contributed by atoms with E-state index in [1.807, 2.05) is 37.5 Å². The fourth-order valence-electron chi connectivity index (χ4n) is 1.54. The van der Waals surface area contributed by atoms with E-state index in [2.05, 4.69) is 14.9 Å². The Bertz CT molecular complexity index is 422. The van der Waals surface area contributed by atoms with Crippen LogP contribution < -0.4 is 9.64 Å². The third-order valence-corrected chi connectivity index (χ3v) is 2.45. The average molecular weight is 217 g/mol. The standard InChI is InChI=1S/C12H15N3O/c1-15(9-12-13-7-8-14-12)10-3-5-11(16-2)6-4-10/h3-8H,9H2,1-2H3,(H,13,14). The number of nitrogens with one attached hydrogen (secondary N) is 1. The SMILES string of the molecule is COc1ccc(N(C)Cc2ncc[nH]2)cc1. The van der Waals surface area contributed by atoms with E-state index in [4.69, 9.17) is 4.74 Å². The van der Waals surface area contributed by atoms with Crippen LogP contribution in [0.25, 0.3) is 0 Å². The summed E-state index contributed by atoms with van der Waals surface area (Å²) in [7, 11) is 3.70. The quantitative estimate of drug-likeness (QED) is 0.852. The Balaban J connectivity index is 2.05. The molecule has 0 aliphatic carbocycles. The lowest BCUT2D eigenvalue weighted by molar-refractivity contribution is 0.415. The molecular weight excluding hydrogens is 202 g/mol. The maximum Gasteiger partial charge on any atom is 0.125 e. The summed E-state index contributed by atoms with van der Waals surface area (Å²) in [5.74, 6) is 1.83. The van der Waals surface area contributed by atoms with Gasteiger partial charge in [-0.25, -0.2) is 4.98 Å². The minimum atomic E-state index is 0.763. The van der Waals surface area contributed by atoms with Gasteiger partial charge >= 0.3 is 0 Å². The number of anilines is 1. The van der Waals surface area contributed by atoms with Crippen molar-refractivity contribution < 1.29 is 4.74 Å². The monoisotopic (exact) mass is 217 g/mol. The van der Waals surface area contributed by atoms with E-state index < -0.39 is 0 Å². The molecule has 0 atom stereocenters. The molecule has 1 aromatic carbocycles. The molecule has 0 aliphatic rings. The van der Waals surface area contributed by atoms with Crippen LogP contribution in [0.2, 0.25) is 0 Å². The van der Waals surface area contributed by atoms with Gasteiger partial charge < -0.3 is 14.6 Å². The molecule has 16 heavy (non-hydrogen) atoms. The summed E-state index contributed by atoms with van der Waals surface area (Å²) >= 11 is 0. The summed E-state index contributed by atoms with van der Waals surface area (Å²) in [6.07, 6.45) is 3.59. The highest BCUT2D eigenvalue weighted by Crippen LogP contribution is 2.18. The molecule has 0 amide bonds. The second-order valence-corrected chi connectivity index (χ2v) is 3.59. The molecule has 4 heteroatoms. The van der Waals surface area contributed by atoms with Gasteiger partial charge in [0.1, 0.15) is 11.6 Å². The summed E-state index contributed by atoms with van der Waals surface area (Å²) in [5, 5.41) is 0. The molecule has 0 bridgehead atoms. The molecule has 0 spiro atoms. The molecule has 2 aromatic rings. The van der Waals surface area contributed by atoms with Crippen LogP contribution in [0.5, 0.6) is 5.75 Å². The van der Waals surface area contributed by atoms with E-state index in [0.29, 0.717) is 0 Å². The van der Waals surface area contributed by atoms with Gasteiger partial charge in [0.2, 0.25) is 0 Å². The first-order chi connectivity index (χ1) is 7.79. The summed E-state index contributed by atoms with van der Waals surface area (Å²) in [6.45, 7) is 0.763. The van der Waals surface area contributed by atoms with Crippen molar-refractivity contribution in [3.05, 3.63) is 42.5 Å². The van der Waals surface area contributed by atoms with Crippen molar-refractivity contribution in [2.45, 2.75) is 6.54 Å². The predicted molar refractivity (Wildman–Crippen MR) is 63.7 cm³/mol. The third-order valence-electron chi connectivity index (χ3n) is 2.45. The Morgan fingerprint density at radius 3 is 2.62 bits per heavy atom. The van der Waals surface area contributed by atoms with Crippen LogP contribution >= 0.6 is 0 Å². The van der Waals surface area contributed by atoms with Crippen LogP contribution in [0, 0.1) is 0 Å². The summed E-state index contributed by atoms with van der Waals surface area (Å²) in [5.41, 5.74) is 1.14. The van der Waals surface area contributed by atoms with Crippen LogP contribution in [-0.2, 0) is 6.54 Å². The van der Waals surface area contributed by atoms with Gasteiger partial charge in [-0.15, -0.1) is 0 Å². The predicted octanol–water partition coefficient (Wildman–Crippen LogP) is 2.05. The van der Waals surface area contributed by atoms with Crippen molar-refractivity contribution >= 4 is 5.69 Å². The average Bonchev–Trinajstić information content (AvgIpc) is 2.82. The normalized spacial score (nSPS) is 10.1. The number of aromatic amines is 1. The molecule has 4 nitrogen and oxygen atoms in total. The number of methoxy groups -OCH3 is 1. The first-order valence-electron chi connectivity index (χ1n) is 5.13. The molecule has 1 heterocycles. The van der Waals surface area contributed by atoms with Crippen molar-refractivity contribution in [3.8, 4) is 5.75 Å². The number of ether oxygens (including phenoxy) is 1. The van der Waals surface area contributed by atoms with E-state index in [0.717, 1.165) is 23.8 Å². The summed E-state index contributed by atoms with van der Waals surface area (Å²) < 4.78 is 5.12. The minimum absolute atomic E-state index is 0.763. The van der Waals surface area contributed by atoms with E-state index >= 15 is 0 Å². The molecule has 0 unspecified atom stereocenters. The van der Waals surface area contributed by atoms with Gasteiger partial charge in [0.15, 0.2) is 0 Å². The Kier molecular flexibility index (Phi) is 3.10. The third kappa shape index (κ3) is 2.34. The Morgan fingerprint density at radius 2 is 2.06 bits per heavy atom. The maximum absolute atomic E-state index is 5.12. The second kappa shape index (κ2) is 4.70. The number of benzene rings is 1. The van der Waals surface area contributed by atoms with Gasteiger partial charge in [-0.05, 0) is 24.3 Å². The highest BCUT2D eigenvalue weighted by molar-refractivity contribution is 5.48. The molecule has 0 radical (unpaired) electrons. The van der Waals surface area contributed by atoms with Crippen LogP contribution in [0.4, 0.5) is 5.69 Å². The Hall–Kier alpha value is -1.97. The second-order valence-electron chi connectivity index (χ2n) is 3.59. The van der Waals surface area contributed by atoms with Crippen molar-refractivity contribution in [1.82, 2.24) is 9.97 Å². The van der Waals surface area contributed by atoms with Gasteiger partial charge in [0, 0.05) is 25.1 Å². The Labute approximate surface area is 94.9 Å². The molecule has 1 aromatic heterocycles. The van der Waals surface area contributed by atoms with Gasteiger partial charge in [0.05, 0.1) is 13.7 Å². The molecule has 84 valence electrons. The van der Waals surface area contributed by atoms with Crippen LogP contribution in [0.15, 0.2) is 36.7 Å². The van der Waals surface area contributed by atoms with Crippen molar-refractivity contribution in [2.75, 3.05) is 19.1 Å². The first kappa shape index (κ1) is 10.5. The Morgan fingerprint density at radius 1 is 1.31 bits per heavy atom. The van der Waals surface area contributed by atoms with Gasteiger partial charge in [0.25, 0.3) is 0 Å². The van der Waals surface area contributed by atoms with E-state index in [1.54, 1.807) is 13.3 Å². The fourth-order valence-corrected chi connectivity index (χ4v) is 1.54. The van der Waals surface area contributed by atoms with Gasteiger partial charge in [-0.2, -0.15) is 0 Å². The summed E-state index contributed by atoms with van der Waals surface area (Å²) in [6, 6.07) is 7.96.